The molecular formula is C19H15NO4. The average Bonchev–Trinajstić information content (AvgIpc) is 2.59. The Morgan fingerprint density at radius 2 is 1.79 bits per heavy atom. The van der Waals surface area contributed by atoms with Gasteiger partial charge in [-0.1, -0.05) is 53.7 Å². The van der Waals surface area contributed by atoms with Gasteiger partial charge < -0.3 is 9.25 Å². The van der Waals surface area contributed by atoms with Gasteiger partial charge in [-0.2, -0.15) is 0 Å². The molecular weight excluding hydrogens is 306 g/mol. The molecule has 0 N–H and O–H groups in total. The number of carbonyl (C=O) groups is 1. The van der Waals surface area contributed by atoms with Gasteiger partial charge in [0.1, 0.15) is 5.58 Å². The maximum atomic E-state index is 12.3. The van der Waals surface area contributed by atoms with E-state index in [2.05, 4.69) is 5.16 Å². The number of oxime groups is 1. The topological polar surface area (TPSA) is 68.9 Å². The van der Waals surface area contributed by atoms with Gasteiger partial charge >= 0.3 is 11.6 Å². The number of benzene rings is 2. The molecule has 120 valence electrons. The minimum atomic E-state index is -0.550. The molecule has 0 unspecified atom stereocenters. The zero-order valence-corrected chi connectivity index (χ0v) is 13.1. The first-order valence-corrected chi connectivity index (χ1v) is 7.45. The third-order valence-corrected chi connectivity index (χ3v) is 3.45. The Kier molecular flexibility index (Phi) is 4.52. The molecule has 0 radical (unpaired) electrons. The van der Waals surface area contributed by atoms with Crippen molar-refractivity contribution in [1.29, 1.82) is 0 Å². The van der Waals surface area contributed by atoms with Crippen molar-refractivity contribution in [1.82, 2.24) is 0 Å². The predicted octanol–water partition coefficient (Wildman–Crippen LogP) is 3.30. The van der Waals surface area contributed by atoms with Crippen molar-refractivity contribution in [2.45, 2.75) is 13.3 Å². The van der Waals surface area contributed by atoms with Gasteiger partial charge in [-0.3, -0.25) is 0 Å². The smallest absolute Gasteiger partial charge is 0.345 e. The first kappa shape index (κ1) is 15.7. The largest absolute Gasteiger partial charge is 0.422 e. The Bertz CT molecular complexity index is 958. The van der Waals surface area contributed by atoms with Crippen LogP contribution in [0.25, 0.3) is 11.0 Å². The number of hydrogen-bond acceptors (Lipinski definition) is 5. The highest BCUT2D eigenvalue weighted by molar-refractivity contribution is 6.03. The molecule has 2 aromatic carbocycles. The lowest BCUT2D eigenvalue weighted by molar-refractivity contribution is -0.140. The van der Waals surface area contributed by atoms with Crippen LogP contribution in [0.3, 0.4) is 0 Å². The molecule has 0 fully saturated rings. The second-order valence-corrected chi connectivity index (χ2v) is 5.27. The number of para-hydroxylation sites is 1. The zero-order chi connectivity index (χ0) is 16.9. The molecule has 5 nitrogen and oxygen atoms in total. The minimum Gasteiger partial charge on any atom is -0.422 e. The van der Waals surface area contributed by atoms with Gasteiger partial charge in [0.15, 0.2) is 0 Å². The van der Waals surface area contributed by atoms with Gasteiger partial charge in [-0.05, 0) is 17.7 Å². The van der Waals surface area contributed by atoms with Crippen LogP contribution >= 0.6 is 0 Å². The molecule has 1 heterocycles. The normalized spacial score (nSPS) is 11.5. The monoisotopic (exact) mass is 321 g/mol. The maximum absolute atomic E-state index is 12.3. The van der Waals surface area contributed by atoms with Crippen molar-refractivity contribution in [3.8, 4) is 0 Å². The minimum absolute atomic E-state index is 0.277. The highest BCUT2D eigenvalue weighted by atomic mass is 16.7. The quantitative estimate of drug-likeness (QED) is 0.320. The summed E-state index contributed by atoms with van der Waals surface area (Å²) >= 11 is 0. The lowest BCUT2D eigenvalue weighted by Gasteiger charge is -2.06. The first-order chi connectivity index (χ1) is 11.6. The summed E-state index contributed by atoms with van der Waals surface area (Å²) in [5.41, 5.74) is 1.54. The fourth-order valence-electron chi connectivity index (χ4n) is 2.35. The lowest BCUT2D eigenvalue weighted by atomic mass is 10.0. The highest BCUT2D eigenvalue weighted by Crippen LogP contribution is 2.15. The third-order valence-electron chi connectivity index (χ3n) is 3.45. The molecule has 0 amide bonds. The Hall–Kier alpha value is -3.21. The van der Waals surface area contributed by atoms with Crippen LogP contribution in [0.1, 0.15) is 18.1 Å². The van der Waals surface area contributed by atoms with Crippen molar-refractivity contribution in [3.63, 3.8) is 0 Å². The number of hydrogen-bond donors (Lipinski definition) is 0. The first-order valence-electron chi connectivity index (χ1n) is 7.45. The highest BCUT2D eigenvalue weighted by Gasteiger charge is 2.14. The van der Waals surface area contributed by atoms with E-state index in [-0.39, 0.29) is 5.56 Å². The molecule has 3 rings (SSSR count). The molecule has 1 aromatic heterocycles. The average molecular weight is 321 g/mol. The van der Waals surface area contributed by atoms with E-state index in [1.807, 2.05) is 42.5 Å². The molecule has 0 saturated heterocycles. The molecule has 24 heavy (non-hydrogen) atoms. The van der Waals surface area contributed by atoms with Gasteiger partial charge in [0.25, 0.3) is 0 Å². The van der Waals surface area contributed by atoms with Crippen LogP contribution < -0.4 is 5.63 Å². The van der Waals surface area contributed by atoms with Crippen molar-refractivity contribution in [2.75, 3.05) is 0 Å². The number of carbonyl (C=O) groups excluding carboxylic acids is 1. The number of fused-ring (bicyclic) bond motifs is 1. The molecule has 3 aromatic rings. The SMILES string of the molecule is CC(=O)ON=C(Cc1ccccc1)c1cc2ccccc2oc1=O. The molecule has 0 aliphatic heterocycles. The molecule has 0 aliphatic rings. The van der Waals surface area contributed by atoms with Crippen LogP contribution in [0.4, 0.5) is 0 Å². The van der Waals surface area contributed by atoms with E-state index in [1.165, 1.54) is 6.92 Å². The fraction of sp³-hybridized carbons (Fsp3) is 0.105. The van der Waals surface area contributed by atoms with Crippen LogP contribution in [-0.2, 0) is 16.1 Å². The van der Waals surface area contributed by atoms with E-state index >= 15 is 0 Å². The van der Waals surface area contributed by atoms with Crippen LogP contribution in [-0.4, -0.2) is 11.7 Å². The summed E-state index contributed by atoms with van der Waals surface area (Å²) in [6, 6.07) is 18.4. The van der Waals surface area contributed by atoms with E-state index in [4.69, 9.17) is 9.25 Å². The van der Waals surface area contributed by atoms with Crippen LogP contribution in [0.5, 0.6) is 0 Å². The van der Waals surface area contributed by atoms with Gasteiger partial charge in [0, 0.05) is 18.7 Å². The molecule has 0 saturated carbocycles. The maximum Gasteiger partial charge on any atom is 0.345 e. The van der Waals surface area contributed by atoms with E-state index in [1.54, 1.807) is 18.2 Å². The fourth-order valence-corrected chi connectivity index (χ4v) is 2.35. The summed E-state index contributed by atoms with van der Waals surface area (Å²) in [4.78, 5) is 28.2. The summed E-state index contributed by atoms with van der Waals surface area (Å²) in [6.45, 7) is 1.26. The molecule has 5 heteroatoms. The van der Waals surface area contributed by atoms with Crippen molar-refractivity contribution >= 4 is 22.7 Å². The summed E-state index contributed by atoms with van der Waals surface area (Å²) in [5, 5.41) is 4.64. The summed E-state index contributed by atoms with van der Waals surface area (Å²) in [5.74, 6) is -0.550. The summed E-state index contributed by atoms with van der Waals surface area (Å²) < 4.78 is 5.34. The second-order valence-electron chi connectivity index (χ2n) is 5.27. The van der Waals surface area contributed by atoms with Crippen LogP contribution in [0.2, 0.25) is 0 Å². The standard InChI is InChI=1S/C19H15NO4/c1-13(21)24-20-17(11-14-7-3-2-4-8-14)16-12-15-9-5-6-10-18(15)23-19(16)22/h2-10,12H,11H2,1H3. The van der Waals surface area contributed by atoms with E-state index in [0.717, 1.165) is 10.9 Å². The van der Waals surface area contributed by atoms with Crippen molar-refractivity contribution in [2.24, 2.45) is 5.16 Å². The second kappa shape index (κ2) is 6.91. The predicted molar refractivity (Wildman–Crippen MR) is 90.9 cm³/mol. The van der Waals surface area contributed by atoms with Crippen LogP contribution in [0.15, 0.2) is 75.0 Å². The third kappa shape index (κ3) is 3.57. The Morgan fingerprint density at radius 1 is 1.08 bits per heavy atom. The number of nitrogens with zero attached hydrogens (tertiary/aromatic N) is 1. The van der Waals surface area contributed by atoms with E-state index in [0.29, 0.717) is 17.7 Å². The zero-order valence-electron chi connectivity index (χ0n) is 13.1. The van der Waals surface area contributed by atoms with Gasteiger partial charge in [-0.15, -0.1) is 0 Å². The number of rotatable bonds is 4. The Balaban J connectivity index is 2.07. The Morgan fingerprint density at radius 3 is 2.54 bits per heavy atom. The molecule has 0 aliphatic carbocycles. The van der Waals surface area contributed by atoms with Crippen LogP contribution in [0, 0.1) is 0 Å². The molecule has 0 spiro atoms. The molecule has 0 bridgehead atoms. The van der Waals surface area contributed by atoms with Crippen molar-refractivity contribution < 1.29 is 14.0 Å². The van der Waals surface area contributed by atoms with E-state index in [9.17, 15) is 9.59 Å². The lowest BCUT2D eigenvalue weighted by Crippen LogP contribution is -2.17. The summed E-state index contributed by atoms with van der Waals surface area (Å²) in [7, 11) is 0. The van der Waals surface area contributed by atoms with Gasteiger partial charge in [0.2, 0.25) is 0 Å². The molecule has 0 atom stereocenters. The summed E-state index contributed by atoms with van der Waals surface area (Å²) in [6.07, 6.45) is 0.344. The van der Waals surface area contributed by atoms with Gasteiger partial charge in [0.05, 0.1) is 11.3 Å². The van der Waals surface area contributed by atoms with Crippen molar-refractivity contribution in [3.05, 3.63) is 82.2 Å². The van der Waals surface area contributed by atoms with E-state index < -0.39 is 11.6 Å². The van der Waals surface area contributed by atoms with Gasteiger partial charge in [-0.25, -0.2) is 9.59 Å². The Labute approximate surface area is 138 Å².